The van der Waals surface area contributed by atoms with E-state index in [1.165, 1.54) is 12.8 Å². The zero-order valence-electron chi connectivity index (χ0n) is 10.2. The second-order valence-electron chi connectivity index (χ2n) is 4.42. The molecule has 0 saturated carbocycles. The molecule has 4 heteroatoms. The van der Waals surface area contributed by atoms with Gasteiger partial charge in [0.1, 0.15) is 0 Å². The van der Waals surface area contributed by atoms with Gasteiger partial charge in [-0.05, 0) is 60.8 Å². The van der Waals surface area contributed by atoms with Crippen LogP contribution in [0.5, 0.6) is 0 Å². The van der Waals surface area contributed by atoms with Crippen LogP contribution in [-0.2, 0) is 4.74 Å². The van der Waals surface area contributed by atoms with E-state index in [1.807, 2.05) is 25.4 Å². The third-order valence-corrected chi connectivity index (χ3v) is 3.94. The Morgan fingerprint density at radius 2 is 2.53 bits per heavy atom. The average Bonchev–Trinajstić information content (AvgIpc) is 2.85. The van der Waals surface area contributed by atoms with Crippen LogP contribution in [-0.4, -0.2) is 24.7 Å². The van der Waals surface area contributed by atoms with Crippen LogP contribution in [0, 0.1) is 0 Å². The quantitative estimate of drug-likeness (QED) is 0.907. The van der Waals surface area contributed by atoms with Gasteiger partial charge in [0.2, 0.25) is 0 Å². The highest BCUT2D eigenvalue weighted by atomic mass is 79.9. The van der Waals surface area contributed by atoms with Gasteiger partial charge in [-0.15, -0.1) is 0 Å². The molecule has 2 heterocycles. The Hall–Kier alpha value is -0.450. The van der Waals surface area contributed by atoms with E-state index >= 15 is 0 Å². The lowest BCUT2D eigenvalue weighted by Crippen LogP contribution is -2.20. The van der Waals surface area contributed by atoms with Crippen LogP contribution in [0.2, 0.25) is 0 Å². The first kappa shape index (κ1) is 13.0. The lowest BCUT2D eigenvalue weighted by Gasteiger charge is -2.18. The number of nitrogens with zero attached hydrogens (tertiary/aromatic N) is 1. The highest BCUT2D eigenvalue weighted by Crippen LogP contribution is 2.26. The molecule has 0 aromatic carbocycles. The summed E-state index contributed by atoms with van der Waals surface area (Å²) in [5.41, 5.74) is 1.09. The van der Waals surface area contributed by atoms with Gasteiger partial charge in [0.25, 0.3) is 0 Å². The largest absolute Gasteiger partial charge is 0.378 e. The monoisotopic (exact) mass is 298 g/mol. The summed E-state index contributed by atoms with van der Waals surface area (Å²) >= 11 is 3.56. The van der Waals surface area contributed by atoms with Gasteiger partial charge in [0.05, 0.1) is 17.8 Å². The van der Waals surface area contributed by atoms with E-state index in [0.717, 1.165) is 29.6 Å². The van der Waals surface area contributed by atoms with E-state index in [-0.39, 0.29) is 0 Å². The van der Waals surface area contributed by atoms with E-state index < -0.39 is 0 Å². The number of rotatable bonds is 5. The summed E-state index contributed by atoms with van der Waals surface area (Å²) < 4.78 is 6.73. The van der Waals surface area contributed by atoms with Crippen LogP contribution in [0.25, 0.3) is 0 Å². The SMILES string of the molecule is CNC(CCC1CCCO1)c1ncccc1Br. The van der Waals surface area contributed by atoms with E-state index in [9.17, 15) is 0 Å². The van der Waals surface area contributed by atoms with Crippen LogP contribution < -0.4 is 5.32 Å². The fourth-order valence-electron chi connectivity index (χ4n) is 2.30. The Morgan fingerprint density at radius 1 is 1.65 bits per heavy atom. The molecule has 1 aliphatic rings. The summed E-state index contributed by atoms with van der Waals surface area (Å²) in [5.74, 6) is 0. The molecular formula is C13H19BrN2O. The van der Waals surface area contributed by atoms with Gasteiger partial charge in [0, 0.05) is 17.3 Å². The third-order valence-electron chi connectivity index (χ3n) is 3.27. The van der Waals surface area contributed by atoms with Crippen molar-refractivity contribution < 1.29 is 4.74 Å². The van der Waals surface area contributed by atoms with Gasteiger partial charge in [-0.2, -0.15) is 0 Å². The predicted molar refractivity (Wildman–Crippen MR) is 71.9 cm³/mol. The van der Waals surface area contributed by atoms with Crippen molar-refractivity contribution in [3.8, 4) is 0 Å². The van der Waals surface area contributed by atoms with Crippen molar-refractivity contribution in [3.05, 3.63) is 28.5 Å². The number of nitrogens with one attached hydrogen (secondary N) is 1. The van der Waals surface area contributed by atoms with Crippen LogP contribution >= 0.6 is 15.9 Å². The number of ether oxygens (including phenoxy) is 1. The van der Waals surface area contributed by atoms with Crippen LogP contribution in [0.4, 0.5) is 0 Å². The molecule has 0 radical (unpaired) electrons. The average molecular weight is 299 g/mol. The molecule has 2 atom stereocenters. The Bertz CT molecular complexity index is 353. The first-order valence-corrected chi connectivity index (χ1v) is 7.00. The number of halogens is 1. The zero-order valence-corrected chi connectivity index (χ0v) is 11.7. The van der Waals surface area contributed by atoms with Crippen molar-refractivity contribution in [3.63, 3.8) is 0 Å². The van der Waals surface area contributed by atoms with Crippen molar-refractivity contribution in [1.82, 2.24) is 10.3 Å². The maximum absolute atomic E-state index is 5.65. The van der Waals surface area contributed by atoms with E-state index in [2.05, 4.69) is 26.2 Å². The Kier molecular flexibility index (Phi) is 4.95. The number of hydrogen-bond donors (Lipinski definition) is 1. The minimum Gasteiger partial charge on any atom is -0.378 e. The van der Waals surface area contributed by atoms with Crippen LogP contribution in [0.15, 0.2) is 22.8 Å². The van der Waals surface area contributed by atoms with Crippen molar-refractivity contribution in [2.45, 2.75) is 37.8 Å². The first-order valence-electron chi connectivity index (χ1n) is 6.20. The Labute approximate surface area is 111 Å². The molecule has 94 valence electrons. The summed E-state index contributed by atoms with van der Waals surface area (Å²) in [6.45, 7) is 0.933. The molecular weight excluding hydrogens is 280 g/mol. The summed E-state index contributed by atoms with van der Waals surface area (Å²) in [6.07, 6.45) is 6.89. The van der Waals surface area contributed by atoms with Crippen molar-refractivity contribution >= 4 is 15.9 Å². The molecule has 1 aromatic rings. The molecule has 1 aromatic heterocycles. The van der Waals surface area contributed by atoms with Gasteiger partial charge in [-0.1, -0.05) is 0 Å². The number of pyridine rings is 1. The molecule has 2 unspecified atom stereocenters. The summed E-state index contributed by atoms with van der Waals surface area (Å²) in [7, 11) is 1.99. The minimum atomic E-state index is 0.301. The van der Waals surface area contributed by atoms with Gasteiger partial charge >= 0.3 is 0 Å². The smallest absolute Gasteiger partial charge is 0.0714 e. The molecule has 1 saturated heterocycles. The highest BCUT2D eigenvalue weighted by Gasteiger charge is 2.19. The summed E-state index contributed by atoms with van der Waals surface area (Å²) in [5, 5.41) is 3.34. The normalized spacial score (nSPS) is 21.6. The summed E-state index contributed by atoms with van der Waals surface area (Å²) in [6, 6.07) is 4.29. The standard InChI is InChI=1S/C13H19BrN2O/c1-15-12(7-6-10-4-3-9-17-10)13-11(14)5-2-8-16-13/h2,5,8,10,12,15H,3-4,6-7,9H2,1H3. The van der Waals surface area contributed by atoms with Gasteiger partial charge in [0.15, 0.2) is 0 Å². The second kappa shape index (κ2) is 6.47. The lowest BCUT2D eigenvalue weighted by atomic mass is 10.0. The van der Waals surface area contributed by atoms with Gasteiger partial charge in [-0.25, -0.2) is 0 Å². The molecule has 0 aliphatic carbocycles. The highest BCUT2D eigenvalue weighted by molar-refractivity contribution is 9.10. The molecule has 1 N–H and O–H groups in total. The molecule has 0 spiro atoms. The van der Waals surface area contributed by atoms with Gasteiger partial charge in [-0.3, -0.25) is 4.98 Å². The summed E-state index contributed by atoms with van der Waals surface area (Å²) in [4.78, 5) is 4.44. The topological polar surface area (TPSA) is 34.1 Å². The second-order valence-corrected chi connectivity index (χ2v) is 5.28. The Morgan fingerprint density at radius 3 is 3.18 bits per heavy atom. The van der Waals surface area contributed by atoms with Crippen molar-refractivity contribution in [1.29, 1.82) is 0 Å². The molecule has 0 amide bonds. The Balaban J connectivity index is 1.94. The fraction of sp³-hybridized carbons (Fsp3) is 0.615. The molecule has 2 rings (SSSR count). The van der Waals surface area contributed by atoms with Crippen molar-refractivity contribution in [2.75, 3.05) is 13.7 Å². The first-order chi connectivity index (χ1) is 8.31. The molecule has 1 aliphatic heterocycles. The minimum absolute atomic E-state index is 0.301. The van der Waals surface area contributed by atoms with Crippen LogP contribution in [0.3, 0.4) is 0 Å². The van der Waals surface area contributed by atoms with Gasteiger partial charge < -0.3 is 10.1 Å². The maximum atomic E-state index is 5.65. The zero-order chi connectivity index (χ0) is 12.1. The third kappa shape index (κ3) is 3.50. The molecule has 3 nitrogen and oxygen atoms in total. The van der Waals surface area contributed by atoms with E-state index in [4.69, 9.17) is 4.74 Å². The van der Waals surface area contributed by atoms with E-state index in [0.29, 0.717) is 12.1 Å². The number of aromatic nitrogens is 1. The fourth-order valence-corrected chi connectivity index (χ4v) is 2.83. The van der Waals surface area contributed by atoms with Crippen LogP contribution in [0.1, 0.15) is 37.4 Å². The predicted octanol–water partition coefficient (Wildman–Crippen LogP) is 3.06. The molecule has 17 heavy (non-hydrogen) atoms. The van der Waals surface area contributed by atoms with Crippen molar-refractivity contribution in [2.24, 2.45) is 0 Å². The maximum Gasteiger partial charge on any atom is 0.0714 e. The molecule has 0 bridgehead atoms. The molecule has 1 fully saturated rings. The lowest BCUT2D eigenvalue weighted by molar-refractivity contribution is 0.0997. The number of hydrogen-bond acceptors (Lipinski definition) is 3. The van der Waals surface area contributed by atoms with E-state index in [1.54, 1.807) is 0 Å².